The molecule has 0 spiro atoms. The number of nitrogens with zero attached hydrogens (tertiary/aromatic N) is 4. The number of rotatable bonds is 6. The summed E-state index contributed by atoms with van der Waals surface area (Å²) in [6.45, 7) is 11.1. The molecule has 5 rings (SSSR count). The SMILES string of the molecule is Cc1c(N2CCC(CN(C)C3CCN(C(=O)OC(C)(C)C)CC3)C2)c(F)cn2c(=O)c(C(=O)O)cc(C3CC3)c12. The van der Waals surface area contributed by atoms with Crippen LogP contribution >= 0.6 is 0 Å². The molecule has 0 radical (unpaired) electrons. The van der Waals surface area contributed by atoms with Crippen LogP contribution in [0.4, 0.5) is 14.9 Å². The van der Waals surface area contributed by atoms with Gasteiger partial charge in [-0.05, 0) is 95.9 Å². The predicted octanol–water partition coefficient (Wildman–Crippen LogP) is 4.48. The molecule has 1 atom stereocenters. The molecule has 3 fully saturated rings. The zero-order chi connectivity index (χ0) is 28.9. The van der Waals surface area contributed by atoms with Gasteiger partial charge in [0, 0.05) is 38.8 Å². The van der Waals surface area contributed by atoms with E-state index in [1.807, 2.05) is 27.7 Å². The fourth-order valence-electron chi connectivity index (χ4n) is 6.45. The zero-order valence-electron chi connectivity index (χ0n) is 24.2. The summed E-state index contributed by atoms with van der Waals surface area (Å²) < 4.78 is 22.3. The Kier molecular flexibility index (Phi) is 7.58. The van der Waals surface area contributed by atoms with Crippen molar-refractivity contribution in [1.82, 2.24) is 14.2 Å². The van der Waals surface area contributed by atoms with Crippen molar-refractivity contribution in [3.8, 4) is 0 Å². The standard InChI is InChI=1S/C30H41FN4O5/c1-18-25-22(20-6-7-20)14-23(28(37)38)27(36)35(25)17-24(31)26(18)34-11-8-19(16-34)15-32(5)21-9-12-33(13-10-21)29(39)40-30(2,3)4/h14,17,19-21H,6-13,15-16H2,1-5H3,(H,37,38). The zero-order valence-corrected chi connectivity index (χ0v) is 24.2. The van der Waals surface area contributed by atoms with Crippen LogP contribution < -0.4 is 10.5 Å². The topological polar surface area (TPSA) is 94.8 Å². The summed E-state index contributed by atoms with van der Waals surface area (Å²) in [6.07, 6.45) is 5.52. The van der Waals surface area contributed by atoms with Gasteiger partial charge in [-0.2, -0.15) is 0 Å². The number of likely N-dealkylation sites (tertiary alicyclic amines) is 1. The third-order valence-electron chi connectivity index (χ3n) is 8.58. The van der Waals surface area contributed by atoms with E-state index in [0.29, 0.717) is 48.4 Å². The molecule has 1 saturated carbocycles. The van der Waals surface area contributed by atoms with Crippen LogP contribution in [0.2, 0.25) is 0 Å². The minimum absolute atomic E-state index is 0.201. The van der Waals surface area contributed by atoms with E-state index < -0.39 is 22.9 Å². The monoisotopic (exact) mass is 556 g/mol. The molecule has 1 aliphatic carbocycles. The van der Waals surface area contributed by atoms with Gasteiger partial charge in [0.05, 0.1) is 17.4 Å². The van der Waals surface area contributed by atoms with Gasteiger partial charge in [0.25, 0.3) is 5.56 Å². The minimum Gasteiger partial charge on any atom is -0.477 e. The number of carboxylic acids is 1. The van der Waals surface area contributed by atoms with Crippen molar-refractivity contribution in [3.05, 3.63) is 45.1 Å². The van der Waals surface area contributed by atoms with E-state index in [-0.39, 0.29) is 17.6 Å². The molecule has 0 aromatic carbocycles. The second kappa shape index (κ2) is 10.7. The van der Waals surface area contributed by atoms with Crippen molar-refractivity contribution in [2.45, 2.75) is 77.4 Å². The Bertz CT molecular complexity index is 1370. The van der Waals surface area contributed by atoms with Crippen LogP contribution in [0.5, 0.6) is 0 Å². The number of aromatic carboxylic acids is 1. The summed E-state index contributed by atoms with van der Waals surface area (Å²) in [4.78, 5) is 43.3. The molecule has 2 saturated heterocycles. The normalized spacial score (nSPS) is 20.5. The summed E-state index contributed by atoms with van der Waals surface area (Å²) in [5.41, 5.74) is 1.17. The van der Waals surface area contributed by atoms with E-state index in [9.17, 15) is 19.5 Å². The molecular formula is C30H41FN4O5. The molecule has 2 aliphatic heterocycles. The molecule has 1 N–H and O–H groups in total. The van der Waals surface area contributed by atoms with Crippen molar-refractivity contribution in [2.75, 3.05) is 44.7 Å². The lowest BCUT2D eigenvalue weighted by molar-refractivity contribution is 0.0151. The van der Waals surface area contributed by atoms with Gasteiger partial charge < -0.3 is 24.5 Å². The van der Waals surface area contributed by atoms with Crippen molar-refractivity contribution in [3.63, 3.8) is 0 Å². The van der Waals surface area contributed by atoms with Crippen molar-refractivity contribution in [1.29, 1.82) is 0 Å². The Morgan fingerprint density at radius 1 is 1.12 bits per heavy atom. The van der Waals surface area contributed by atoms with Gasteiger partial charge in [0.1, 0.15) is 11.2 Å². The van der Waals surface area contributed by atoms with Gasteiger partial charge >= 0.3 is 12.1 Å². The molecule has 218 valence electrons. The molecule has 40 heavy (non-hydrogen) atoms. The van der Waals surface area contributed by atoms with Gasteiger partial charge in [-0.3, -0.25) is 9.20 Å². The fourth-order valence-corrected chi connectivity index (χ4v) is 6.45. The number of hydrogen-bond donors (Lipinski definition) is 1. The van der Waals surface area contributed by atoms with E-state index in [4.69, 9.17) is 4.74 Å². The van der Waals surface area contributed by atoms with Crippen LogP contribution in [0.15, 0.2) is 17.1 Å². The summed E-state index contributed by atoms with van der Waals surface area (Å²) in [5.74, 6) is -1.22. The lowest BCUT2D eigenvalue weighted by Gasteiger charge is -2.38. The van der Waals surface area contributed by atoms with Crippen molar-refractivity contribution >= 4 is 23.3 Å². The van der Waals surface area contributed by atoms with Gasteiger partial charge in [-0.15, -0.1) is 0 Å². The highest BCUT2D eigenvalue weighted by Crippen LogP contribution is 2.44. The quantitative estimate of drug-likeness (QED) is 0.561. The van der Waals surface area contributed by atoms with E-state index in [1.54, 1.807) is 4.90 Å². The summed E-state index contributed by atoms with van der Waals surface area (Å²) in [6, 6.07) is 1.88. The van der Waals surface area contributed by atoms with Crippen LogP contribution in [0, 0.1) is 18.7 Å². The fraction of sp³-hybridized carbons (Fsp3) is 0.633. The van der Waals surface area contributed by atoms with E-state index >= 15 is 4.39 Å². The smallest absolute Gasteiger partial charge is 0.410 e. The number of anilines is 1. The van der Waals surface area contributed by atoms with Crippen LogP contribution in [0.1, 0.15) is 80.3 Å². The highest BCUT2D eigenvalue weighted by atomic mass is 19.1. The number of aryl methyl sites for hydroxylation is 1. The number of carbonyl (C=O) groups excluding carboxylic acids is 1. The molecule has 0 bridgehead atoms. The second-order valence-electron chi connectivity index (χ2n) is 12.8. The lowest BCUT2D eigenvalue weighted by Crippen LogP contribution is -2.48. The van der Waals surface area contributed by atoms with Crippen LogP contribution in [-0.4, -0.2) is 82.8 Å². The van der Waals surface area contributed by atoms with Gasteiger partial charge in [0.2, 0.25) is 0 Å². The van der Waals surface area contributed by atoms with Crippen molar-refractivity contribution < 1.29 is 23.8 Å². The van der Waals surface area contributed by atoms with Crippen LogP contribution in [-0.2, 0) is 4.74 Å². The Morgan fingerprint density at radius 3 is 2.40 bits per heavy atom. The van der Waals surface area contributed by atoms with Gasteiger partial charge in [-0.1, -0.05) is 0 Å². The molecule has 4 heterocycles. The number of hydrogen-bond acceptors (Lipinski definition) is 6. The number of halogens is 1. The Balaban J connectivity index is 1.27. The maximum Gasteiger partial charge on any atom is 0.410 e. The second-order valence-corrected chi connectivity index (χ2v) is 12.8. The number of aromatic nitrogens is 1. The molecule has 1 unspecified atom stereocenters. The van der Waals surface area contributed by atoms with E-state index in [0.717, 1.165) is 50.8 Å². The predicted molar refractivity (Wildman–Crippen MR) is 151 cm³/mol. The lowest BCUT2D eigenvalue weighted by atomic mass is 10.0. The molecule has 9 nitrogen and oxygen atoms in total. The number of pyridine rings is 2. The third-order valence-corrected chi connectivity index (χ3v) is 8.58. The number of carbonyl (C=O) groups is 2. The van der Waals surface area contributed by atoms with Crippen LogP contribution in [0.25, 0.3) is 5.52 Å². The van der Waals surface area contributed by atoms with Crippen molar-refractivity contribution in [2.24, 2.45) is 5.92 Å². The summed E-state index contributed by atoms with van der Waals surface area (Å²) in [7, 11) is 2.13. The Morgan fingerprint density at radius 2 is 1.80 bits per heavy atom. The first-order valence-electron chi connectivity index (χ1n) is 14.4. The van der Waals surface area contributed by atoms with E-state index in [1.165, 1.54) is 16.7 Å². The molecule has 2 aromatic heterocycles. The van der Waals surface area contributed by atoms with Gasteiger partial charge in [-0.25, -0.2) is 14.0 Å². The number of ether oxygens (including phenoxy) is 1. The maximum absolute atomic E-state index is 15.6. The molecule has 1 amide bonds. The highest BCUT2D eigenvalue weighted by Gasteiger charge is 2.34. The number of piperidine rings is 1. The Hall–Kier alpha value is -3.14. The number of carboxylic acid groups (broad SMARTS) is 1. The first-order chi connectivity index (χ1) is 18.8. The number of fused-ring (bicyclic) bond motifs is 1. The molecule has 3 aliphatic rings. The largest absolute Gasteiger partial charge is 0.477 e. The molecule has 2 aromatic rings. The first-order valence-corrected chi connectivity index (χ1v) is 14.4. The number of amides is 1. The first kappa shape index (κ1) is 28.4. The summed E-state index contributed by atoms with van der Waals surface area (Å²) in [5, 5.41) is 9.55. The minimum atomic E-state index is -1.29. The third kappa shape index (κ3) is 5.68. The summed E-state index contributed by atoms with van der Waals surface area (Å²) >= 11 is 0. The van der Waals surface area contributed by atoms with E-state index in [2.05, 4.69) is 16.8 Å². The Labute approximate surface area is 234 Å². The molecular weight excluding hydrogens is 515 g/mol. The maximum atomic E-state index is 15.6. The average Bonchev–Trinajstić information content (AvgIpc) is 3.62. The van der Waals surface area contributed by atoms with Gasteiger partial charge in [0.15, 0.2) is 5.82 Å². The molecule has 10 heteroatoms. The van der Waals surface area contributed by atoms with Crippen LogP contribution in [0.3, 0.4) is 0 Å². The average molecular weight is 557 g/mol. The highest BCUT2D eigenvalue weighted by molar-refractivity contribution is 5.89.